The van der Waals surface area contributed by atoms with Gasteiger partial charge in [-0.25, -0.2) is 0 Å². The monoisotopic (exact) mass is 311 g/mol. The number of rotatable bonds is 5. The number of pyridine rings is 1. The van der Waals surface area contributed by atoms with Crippen LogP contribution in [0.4, 0.5) is 0 Å². The number of halogens is 1. The number of aromatic nitrogens is 1. The van der Waals surface area contributed by atoms with Gasteiger partial charge in [0, 0.05) is 16.8 Å². The Morgan fingerprint density at radius 2 is 2.11 bits per heavy atom. The van der Waals surface area contributed by atoms with E-state index >= 15 is 0 Å². The minimum atomic E-state index is -0.487. The van der Waals surface area contributed by atoms with Crippen molar-refractivity contribution in [3.63, 3.8) is 0 Å². The predicted octanol–water partition coefficient (Wildman–Crippen LogP) is 2.79. The number of benzene rings is 1. The molecule has 1 heterocycles. The van der Waals surface area contributed by atoms with E-state index in [0.717, 1.165) is 29.3 Å². The van der Waals surface area contributed by atoms with Crippen LogP contribution in [-0.4, -0.2) is 22.0 Å². The van der Waals surface area contributed by atoms with Crippen molar-refractivity contribution in [2.45, 2.75) is 12.8 Å². The Morgan fingerprint density at radius 1 is 1.28 bits per heavy atom. The summed E-state index contributed by atoms with van der Waals surface area (Å²) in [6, 6.07) is 6.85. The first kappa shape index (κ1) is 13.0. The molecule has 0 unspecified atom stereocenters. The Hall–Kier alpha value is -1.49. The molecule has 0 bridgehead atoms. The Balaban J connectivity index is 2.17. The third kappa shape index (κ3) is 3.04. The topological polar surface area (TPSA) is 62.3 Å². The first-order chi connectivity index (χ1) is 8.70. The highest BCUT2D eigenvalue weighted by atomic mass is 79.9. The zero-order chi connectivity index (χ0) is 13.0. The molecule has 0 aliphatic heterocycles. The van der Waals surface area contributed by atoms with Crippen molar-refractivity contribution in [3.05, 3.63) is 34.6 Å². The second-order valence-electron chi connectivity index (χ2n) is 3.98. The molecule has 1 aromatic carbocycles. The average molecular weight is 312 g/mol. The van der Waals surface area contributed by atoms with Crippen LogP contribution in [0.3, 0.4) is 0 Å². The first-order valence-corrected chi connectivity index (χ1v) is 6.87. The zero-order valence-electron chi connectivity index (χ0n) is 9.78. The maximum atomic E-state index is 11.3. The summed E-state index contributed by atoms with van der Waals surface area (Å²) in [5, 5.41) is 11.1. The van der Waals surface area contributed by atoms with Crippen LogP contribution in [0, 0.1) is 0 Å². The van der Waals surface area contributed by atoms with Gasteiger partial charge in [-0.2, -0.15) is 0 Å². The van der Waals surface area contributed by atoms with E-state index in [0.29, 0.717) is 12.1 Å². The lowest BCUT2D eigenvalue weighted by Gasteiger charge is -2.06. The molecule has 0 spiro atoms. The first-order valence-electron chi connectivity index (χ1n) is 5.75. The molecular weight excluding hydrogens is 298 g/mol. The summed E-state index contributed by atoms with van der Waals surface area (Å²) >= 11 is 3.36. The van der Waals surface area contributed by atoms with E-state index in [9.17, 15) is 9.90 Å². The lowest BCUT2D eigenvalue weighted by molar-refractivity contribution is 0.310. The molecule has 0 aliphatic carbocycles. The molecule has 0 radical (unpaired) electrons. The molecule has 0 aliphatic rings. The summed E-state index contributed by atoms with van der Waals surface area (Å²) in [7, 11) is 0. The molecule has 2 rings (SSSR count). The average Bonchev–Trinajstić information content (AvgIpc) is 2.36. The fourth-order valence-electron chi connectivity index (χ4n) is 1.65. The third-order valence-corrected chi connectivity index (χ3v) is 3.16. The van der Waals surface area contributed by atoms with Crippen molar-refractivity contribution in [1.82, 2.24) is 4.98 Å². The van der Waals surface area contributed by atoms with E-state index in [1.54, 1.807) is 6.07 Å². The van der Waals surface area contributed by atoms with Gasteiger partial charge in [0.1, 0.15) is 5.75 Å². The molecule has 0 fully saturated rings. The fourth-order valence-corrected chi connectivity index (χ4v) is 2.04. The molecule has 18 heavy (non-hydrogen) atoms. The summed E-state index contributed by atoms with van der Waals surface area (Å²) in [6.45, 7) is 0.652. The highest BCUT2D eigenvalue weighted by Gasteiger charge is 2.02. The molecule has 0 saturated carbocycles. The van der Waals surface area contributed by atoms with Crippen LogP contribution >= 0.6 is 15.9 Å². The van der Waals surface area contributed by atoms with Gasteiger partial charge in [-0.1, -0.05) is 15.9 Å². The number of alkyl halides is 1. The molecule has 0 saturated heterocycles. The third-order valence-electron chi connectivity index (χ3n) is 2.59. The lowest BCUT2D eigenvalue weighted by Crippen LogP contribution is -2.04. The van der Waals surface area contributed by atoms with Crippen molar-refractivity contribution < 1.29 is 9.84 Å². The molecule has 5 heteroatoms. The Kier molecular flexibility index (Phi) is 4.25. The van der Waals surface area contributed by atoms with Crippen molar-refractivity contribution in [2.75, 3.05) is 11.9 Å². The maximum Gasteiger partial charge on any atom is 0.290 e. The highest BCUT2D eigenvalue weighted by molar-refractivity contribution is 9.09. The van der Waals surface area contributed by atoms with Crippen LogP contribution in [0.5, 0.6) is 11.5 Å². The largest absolute Gasteiger partial charge is 0.503 e. The minimum Gasteiger partial charge on any atom is -0.503 e. The Bertz CT molecular complexity index is 594. The molecule has 96 valence electrons. The number of hydrogen-bond donors (Lipinski definition) is 2. The number of aromatic amines is 1. The van der Waals surface area contributed by atoms with E-state index in [2.05, 4.69) is 20.9 Å². The minimum absolute atomic E-state index is 0.270. The van der Waals surface area contributed by atoms with E-state index in [1.165, 1.54) is 6.07 Å². The van der Waals surface area contributed by atoms with Gasteiger partial charge in [-0.3, -0.25) is 4.79 Å². The highest BCUT2D eigenvalue weighted by Crippen LogP contribution is 2.20. The van der Waals surface area contributed by atoms with Crippen LogP contribution in [0.2, 0.25) is 0 Å². The maximum absolute atomic E-state index is 11.3. The summed E-state index contributed by atoms with van der Waals surface area (Å²) in [4.78, 5) is 13.9. The van der Waals surface area contributed by atoms with Gasteiger partial charge in [-0.15, -0.1) is 0 Å². The Labute approximate surface area is 113 Å². The van der Waals surface area contributed by atoms with Crippen molar-refractivity contribution in [2.24, 2.45) is 0 Å². The van der Waals surface area contributed by atoms with E-state index in [-0.39, 0.29) is 5.75 Å². The molecular formula is C13H14BrNO3. The van der Waals surface area contributed by atoms with Crippen molar-refractivity contribution in [1.29, 1.82) is 0 Å². The van der Waals surface area contributed by atoms with Gasteiger partial charge in [-0.05, 0) is 31.0 Å². The molecule has 1 aromatic heterocycles. The van der Waals surface area contributed by atoms with Crippen LogP contribution in [-0.2, 0) is 0 Å². The van der Waals surface area contributed by atoms with E-state index < -0.39 is 5.56 Å². The molecule has 2 N–H and O–H groups in total. The van der Waals surface area contributed by atoms with E-state index in [4.69, 9.17) is 4.74 Å². The number of H-pyrrole nitrogens is 1. The summed E-state index contributed by atoms with van der Waals surface area (Å²) in [5.74, 6) is 0.451. The van der Waals surface area contributed by atoms with Gasteiger partial charge in [0.15, 0.2) is 5.75 Å². The Morgan fingerprint density at radius 3 is 2.89 bits per heavy atom. The summed E-state index contributed by atoms with van der Waals surface area (Å²) in [5.41, 5.74) is 0.176. The number of unbranched alkanes of at least 4 members (excludes halogenated alkanes) is 1. The van der Waals surface area contributed by atoms with Gasteiger partial charge < -0.3 is 14.8 Å². The van der Waals surface area contributed by atoms with Crippen LogP contribution in [0.15, 0.2) is 29.1 Å². The van der Waals surface area contributed by atoms with Crippen molar-refractivity contribution in [3.8, 4) is 11.5 Å². The zero-order valence-corrected chi connectivity index (χ0v) is 11.4. The predicted molar refractivity (Wildman–Crippen MR) is 74.8 cm³/mol. The van der Waals surface area contributed by atoms with Gasteiger partial charge in [0.05, 0.1) is 12.1 Å². The molecule has 0 atom stereocenters. The van der Waals surface area contributed by atoms with Crippen LogP contribution < -0.4 is 10.3 Å². The molecule has 4 nitrogen and oxygen atoms in total. The normalized spacial score (nSPS) is 10.7. The summed E-state index contributed by atoms with van der Waals surface area (Å²) < 4.78 is 5.58. The number of aromatic hydroxyl groups is 1. The summed E-state index contributed by atoms with van der Waals surface area (Å²) in [6.07, 6.45) is 2.05. The van der Waals surface area contributed by atoms with Crippen molar-refractivity contribution >= 4 is 26.8 Å². The molecule has 0 amide bonds. The number of ether oxygens (including phenoxy) is 1. The van der Waals surface area contributed by atoms with Crippen LogP contribution in [0.25, 0.3) is 10.9 Å². The molecule has 2 aromatic rings. The quantitative estimate of drug-likeness (QED) is 0.659. The number of nitrogens with one attached hydrogen (secondary N) is 1. The standard InChI is InChI=1S/C13H14BrNO3/c14-5-1-2-6-18-10-4-3-9-7-12(16)13(17)15-11(9)8-10/h3-4,7-8,16H,1-2,5-6H2,(H,15,17). The van der Waals surface area contributed by atoms with Gasteiger partial charge >= 0.3 is 0 Å². The van der Waals surface area contributed by atoms with Gasteiger partial charge in [0.2, 0.25) is 0 Å². The van der Waals surface area contributed by atoms with E-state index in [1.807, 2.05) is 12.1 Å². The lowest BCUT2D eigenvalue weighted by atomic mass is 10.2. The second kappa shape index (κ2) is 5.91. The number of fused-ring (bicyclic) bond motifs is 1. The second-order valence-corrected chi connectivity index (χ2v) is 4.77. The van der Waals surface area contributed by atoms with Gasteiger partial charge in [0.25, 0.3) is 5.56 Å². The number of hydrogen-bond acceptors (Lipinski definition) is 3. The van der Waals surface area contributed by atoms with Crippen LogP contribution in [0.1, 0.15) is 12.8 Å². The fraction of sp³-hybridized carbons (Fsp3) is 0.308. The SMILES string of the molecule is O=c1[nH]c2cc(OCCCCBr)ccc2cc1O. The smallest absolute Gasteiger partial charge is 0.290 e.